The molecule has 11 heavy (non-hydrogen) atoms. The normalized spacial score (nSPS) is 9.64. The van der Waals surface area contributed by atoms with Crippen LogP contribution < -0.4 is 0 Å². The number of hydrogen-bond acceptors (Lipinski definition) is 6. The Morgan fingerprint density at radius 3 is 2.64 bits per heavy atom. The predicted octanol–water partition coefficient (Wildman–Crippen LogP) is 0.245. The SMILES string of the molecule is O=C(Cl)c1nnc(S)nc1O. The van der Waals surface area contributed by atoms with Crippen LogP contribution in [-0.2, 0) is 0 Å². The number of hydrogen-bond donors (Lipinski definition) is 2. The molecular weight excluding hydrogens is 190 g/mol. The Morgan fingerprint density at radius 2 is 2.18 bits per heavy atom. The monoisotopic (exact) mass is 191 g/mol. The van der Waals surface area contributed by atoms with Gasteiger partial charge in [-0.05, 0) is 11.6 Å². The van der Waals surface area contributed by atoms with Crippen LogP contribution in [0.3, 0.4) is 0 Å². The summed E-state index contributed by atoms with van der Waals surface area (Å²) in [5.41, 5.74) is -0.371. The standard InChI is InChI=1S/C4H2ClN3O2S/c5-2(9)1-3(10)6-4(11)8-7-1/h(H2,6,8,10,11). The molecule has 0 atom stereocenters. The molecule has 0 fully saturated rings. The number of carbonyl (C=O) groups is 1. The van der Waals surface area contributed by atoms with E-state index in [1.54, 1.807) is 0 Å². The number of carbonyl (C=O) groups excluding carboxylic acids is 1. The Hall–Kier alpha value is -0.880. The molecule has 0 aromatic carbocycles. The molecule has 1 aromatic rings. The molecule has 0 saturated heterocycles. The average Bonchev–Trinajstić information content (AvgIpc) is 1.85. The predicted molar refractivity (Wildman–Crippen MR) is 38.9 cm³/mol. The number of thiol groups is 1. The highest BCUT2D eigenvalue weighted by Gasteiger charge is 2.12. The summed E-state index contributed by atoms with van der Waals surface area (Å²) in [7, 11) is 0. The minimum absolute atomic E-state index is 0.0239. The number of halogens is 1. The fourth-order valence-electron chi connectivity index (χ4n) is 0.437. The Kier molecular flexibility index (Phi) is 2.25. The maximum Gasteiger partial charge on any atom is 0.278 e. The molecule has 0 amide bonds. The van der Waals surface area contributed by atoms with Crippen molar-refractivity contribution in [3.8, 4) is 5.88 Å². The quantitative estimate of drug-likeness (QED) is 0.492. The summed E-state index contributed by atoms with van der Waals surface area (Å²) in [5.74, 6) is -0.565. The number of aromatic nitrogens is 3. The highest BCUT2D eigenvalue weighted by molar-refractivity contribution is 7.80. The maximum atomic E-state index is 10.4. The third-order valence-corrected chi connectivity index (χ3v) is 1.21. The van der Waals surface area contributed by atoms with Crippen LogP contribution >= 0.6 is 24.2 Å². The van der Waals surface area contributed by atoms with Crippen LogP contribution in [0.5, 0.6) is 5.88 Å². The topological polar surface area (TPSA) is 76.0 Å². The molecule has 58 valence electrons. The lowest BCUT2D eigenvalue weighted by atomic mass is 10.5. The van der Waals surface area contributed by atoms with E-state index in [-0.39, 0.29) is 10.9 Å². The van der Waals surface area contributed by atoms with Crippen LogP contribution in [-0.4, -0.2) is 25.5 Å². The lowest BCUT2D eigenvalue weighted by molar-refractivity contribution is 0.107. The van der Waals surface area contributed by atoms with Gasteiger partial charge in [0, 0.05) is 0 Å². The van der Waals surface area contributed by atoms with Crippen LogP contribution in [0.25, 0.3) is 0 Å². The summed E-state index contributed by atoms with van der Waals surface area (Å²) in [5, 5.41) is 14.5. The Labute approximate surface area is 71.8 Å². The van der Waals surface area contributed by atoms with Gasteiger partial charge in [-0.2, -0.15) is 4.98 Å². The van der Waals surface area contributed by atoms with Crippen LogP contribution in [0.1, 0.15) is 10.5 Å². The van der Waals surface area contributed by atoms with E-state index in [0.29, 0.717) is 0 Å². The lowest BCUT2D eigenvalue weighted by Gasteiger charge is -1.94. The zero-order chi connectivity index (χ0) is 8.43. The largest absolute Gasteiger partial charge is 0.492 e. The molecule has 0 unspecified atom stereocenters. The molecule has 0 aliphatic carbocycles. The van der Waals surface area contributed by atoms with Crippen molar-refractivity contribution in [3.63, 3.8) is 0 Å². The molecule has 0 saturated carbocycles. The van der Waals surface area contributed by atoms with Gasteiger partial charge in [-0.1, -0.05) is 0 Å². The van der Waals surface area contributed by atoms with Crippen molar-refractivity contribution in [2.75, 3.05) is 0 Å². The molecule has 0 spiro atoms. The smallest absolute Gasteiger partial charge is 0.278 e. The molecule has 0 radical (unpaired) electrons. The van der Waals surface area contributed by atoms with E-state index in [1.807, 2.05) is 0 Å². The van der Waals surface area contributed by atoms with Crippen LogP contribution in [0.2, 0.25) is 0 Å². The van der Waals surface area contributed by atoms with Gasteiger partial charge in [-0.3, -0.25) is 4.79 Å². The van der Waals surface area contributed by atoms with Crippen molar-refractivity contribution in [1.82, 2.24) is 15.2 Å². The van der Waals surface area contributed by atoms with Gasteiger partial charge in [0.2, 0.25) is 16.7 Å². The lowest BCUT2D eigenvalue weighted by Crippen LogP contribution is -1.99. The minimum Gasteiger partial charge on any atom is -0.492 e. The summed E-state index contributed by atoms with van der Waals surface area (Å²) >= 11 is 8.67. The average molecular weight is 192 g/mol. The highest BCUT2D eigenvalue weighted by Crippen LogP contribution is 2.12. The third-order valence-electron chi connectivity index (χ3n) is 0.843. The van der Waals surface area contributed by atoms with Crippen LogP contribution in [0.15, 0.2) is 5.16 Å². The summed E-state index contributed by atoms with van der Waals surface area (Å²) in [6, 6.07) is 0. The van der Waals surface area contributed by atoms with Gasteiger partial charge in [-0.15, -0.1) is 22.8 Å². The van der Waals surface area contributed by atoms with E-state index in [1.165, 1.54) is 0 Å². The van der Waals surface area contributed by atoms with E-state index >= 15 is 0 Å². The Morgan fingerprint density at radius 1 is 1.55 bits per heavy atom. The molecule has 5 nitrogen and oxygen atoms in total. The van der Waals surface area contributed by atoms with Gasteiger partial charge in [0.15, 0.2) is 0 Å². The zero-order valence-corrected chi connectivity index (χ0v) is 6.67. The van der Waals surface area contributed by atoms with Crippen LogP contribution in [0.4, 0.5) is 0 Å². The van der Waals surface area contributed by atoms with Crippen molar-refractivity contribution in [1.29, 1.82) is 0 Å². The van der Waals surface area contributed by atoms with Crippen molar-refractivity contribution < 1.29 is 9.90 Å². The molecule has 0 bridgehead atoms. The fraction of sp³-hybridized carbons (Fsp3) is 0. The van der Waals surface area contributed by atoms with Crippen molar-refractivity contribution in [2.24, 2.45) is 0 Å². The fourth-order valence-corrected chi connectivity index (χ4v) is 0.698. The number of aromatic hydroxyl groups is 1. The number of nitrogens with zero attached hydrogens (tertiary/aromatic N) is 3. The highest BCUT2D eigenvalue weighted by atomic mass is 35.5. The van der Waals surface area contributed by atoms with Gasteiger partial charge in [0.25, 0.3) is 5.24 Å². The van der Waals surface area contributed by atoms with Crippen molar-refractivity contribution in [3.05, 3.63) is 5.69 Å². The van der Waals surface area contributed by atoms with Crippen molar-refractivity contribution >= 4 is 29.5 Å². The molecule has 7 heteroatoms. The minimum atomic E-state index is -0.907. The first-order valence-electron chi connectivity index (χ1n) is 2.43. The van der Waals surface area contributed by atoms with Crippen LogP contribution in [0, 0.1) is 0 Å². The molecule has 0 aliphatic heterocycles. The van der Waals surface area contributed by atoms with Gasteiger partial charge >= 0.3 is 0 Å². The van der Waals surface area contributed by atoms with E-state index < -0.39 is 11.1 Å². The molecule has 0 aliphatic rings. The van der Waals surface area contributed by atoms with Gasteiger partial charge in [0.05, 0.1) is 0 Å². The van der Waals surface area contributed by atoms with Gasteiger partial charge in [0.1, 0.15) is 0 Å². The summed E-state index contributed by atoms with van der Waals surface area (Å²) in [4.78, 5) is 13.8. The van der Waals surface area contributed by atoms with Gasteiger partial charge < -0.3 is 5.11 Å². The van der Waals surface area contributed by atoms with Crippen molar-refractivity contribution in [2.45, 2.75) is 5.16 Å². The zero-order valence-electron chi connectivity index (χ0n) is 5.02. The first kappa shape index (κ1) is 8.22. The molecule has 1 rings (SSSR count). The van der Waals surface area contributed by atoms with E-state index in [4.69, 9.17) is 16.7 Å². The summed E-state index contributed by atoms with van der Waals surface area (Å²) < 4.78 is 0. The second-order valence-corrected chi connectivity index (χ2v) is 2.30. The first-order chi connectivity index (χ1) is 5.11. The summed E-state index contributed by atoms with van der Waals surface area (Å²) in [6.07, 6.45) is 0. The number of rotatable bonds is 1. The molecule has 1 N–H and O–H groups in total. The first-order valence-corrected chi connectivity index (χ1v) is 3.26. The van der Waals surface area contributed by atoms with E-state index in [0.717, 1.165) is 0 Å². The van der Waals surface area contributed by atoms with E-state index in [9.17, 15) is 4.79 Å². The summed E-state index contributed by atoms with van der Waals surface area (Å²) in [6.45, 7) is 0. The Bertz CT molecular complexity index is 305. The molecular formula is C4H2ClN3O2S. The maximum absolute atomic E-state index is 10.4. The Balaban J connectivity index is 3.20. The second-order valence-electron chi connectivity index (χ2n) is 1.56. The second kappa shape index (κ2) is 3.02. The molecule has 1 heterocycles. The van der Waals surface area contributed by atoms with Gasteiger partial charge in [-0.25, -0.2) is 0 Å². The van der Waals surface area contributed by atoms with E-state index in [2.05, 4.69) is 27.8 Å². The third kappa shape index (κ3) is 1.78. The molecule has 1 aromatic heterocycles.